The highest BCUT2D eigenvalue weighted by Gasteiger charge is 2.56. The monoisotopic (exact) mass is 226 g/mol. The van der Waals surface area contributed by atoms with Crippen molar-refractivity contribution in [2.75, 3.05) is 7.11 Å². The van der Waals surface area contributed by atoms with E-state index in [1.807, 2.05) is 0 Å². The number of methoxy groups -OCH3 is 1. The van der Waals surface area contributed by atoms with Crippen LogP contribution in [0.2, 0.25) is 0 Å². The zero-order chi connectivity index (χ0) is 11.8. The summed E-state index contributed by atoms with van der Waals surface area (Å²) in [4.78, 5) is 10.8. The molecular weight excluding hydrogens is 212 g/mol. The van der Waals surface area contributed by atoms with Gasteiger partial charge in [0.25, 0.3) is 0 Å². The van der Waals surface area contributed by atoms with Gasteiger partial charge in [0.15, 0.2) is 6.10 Å². The Balaban J connectivity index is 2.29. The van der Waals surface area contributed by atoms with Crippen molar-refractivity contribution in [3.05, 3.63) is 23.7 Å². The molecule has 0 saturated heterocycles. The molecule has 0 spiro atoms. The maximum Gasteiger partial charge on any atom is 0.333 e. The van der Waals surface area contributed by atoms with E-state index in [2.05, 4.69) is 0 Å². The van der Waals surface area contributed by atoms with Crippen LogP contribution in [0.15, 0.2) is 16.7 Å². The first-order valence-electron chi connectivity index (χ1n) is 5.08. The number of hydrogen-bond donors (Lipinski definition) is 2. The fourth-order valence-electron chi connectivity index (χ4n) is 2.04. The van der Waals surface area contributed by atoms with Crippen LogP contribution in [0.1, 0.15) is 24.2 Å². The van der Waals surface area contributed by atoms with Crippen LogP contribution in [-0.2, 0) is 21.6 Å². The molecule has 88 valence electrons. The second kappa shape index (κ2) is 3.92. The summed E-state index contributed by atoms with van der Waals surface area (Å²) in [6.07, 6.45) is 1.35. The summed E-state index contributed by atoms with van der Waals surface area (Å²) in [6, 6.07) is 1.74. The molecule has 2 N–H and O–H groups in total. The van der Waals surface area contributed by atoms with E-state index in [4.69, 9.17) is 14.3 Å². The topological polar surface area (TPSA) is 79.9 Å². The van der Waals surface area contributed by atoms with Crippen LogP contribution in [0.3, 0.4) is 0 Å². The number of carbonyl (C=O) groups is 1. The number of rotatable bonds is 5. The molecule has 1 fully saturated rings. The highest BCUT2D eigenvalue weighted by Crippen LogP contribution is 2.52. The van der Waals surface area contributed by atoms with Crippen molar-refractivity contribution in [1.82, 2.24) is 0 Å². The fourth-order valence-corrected chi connectivity index (χ4v) is 2.04. The average molecular weight is 226 g/mol. The number of carboxylic acid groups (broad SMARTS) is 1. The fraction of sp³-hybridized carbons (Fsp3) is 0.545. The second-order valence-corrected chi connectivity index (χ2v) is 4.10. The zero-order valence-corrected chi connectivity index (χ0v) is 8.97. The van der Waals surface area contributed by atoms with Gasteiger partial charge in [-0.05, 0) is 18.9 Å². The van der Waals surface area contributed by atoms with E-state index >= 15 is 0 Å². The lowest BCUT2D eigenvalue weighted by atomic mass is 9.93. The molecule has 0 amide bonds. The third-order valence-electron chi connectivity index (χ3n) is 3.04. The molecule has 1 aromatic heterocycles. The number of carboxylic acids is 1. The van der Waals surface area contributed by atoms with Crippen LogP contribution in [0.4, 0.5) is 0 Å². The van der Waals surface area contributed by atoms with Gasteiger partial charge in [-0.15, -0.1) is 0 Å². The number of aliphatic hydroxyl groups is 1. The minimum Gasteiger partial charge on any atom is -0.479 e. The molecule has 1 heterocycles. The quantitative estimate of drug-likeness (QED) is 0.779. The number of ether oxygens (including phenoxy) is 1. The largest absolute Gasteiger partial charge is 0.479 e. The molecule has 1 aromatic rings. The van der Waals surface area contributed by atoms with Crippen molar-refractivity contribution in [3.8, 4) is 0 Å². The third kappa shape index (κ3) is 1.62. The van der Waals surface area contributed by atoms with Crippen LogP contribution in [0.5, 0.6) is 0 Å². The molecule has 1 aliphatic rings. The minimum atomic E-state index is -1.41. The van der Waals surface area contributed by atoms with Crippen molar-refractivity contribution in [2.24, 2.45) is 0 Å². The Labute approximate surface area is 92.6 Å². The molecule has 0 bridgehead atoms. The molecule has 16 heavy (non-hydrogen) atoms. The van der Waals surface area contributed by atoms with Gasteiger partial charge in [0, 0.05) is 12.7 Å². The minimum absolute atomic E-state index is 0.361. The SMILES string of the molecule is COCc1ccoc1C1(C(O)C(=O)O)CC1. The third-order valence-corrected chi connectivity index (χ3v) is 3.04. The highest BCUT2D eigenvalue weighted by molar-refractivity contribution is 5.75. The van der Waals surface area contributed by atoms with Gasteiger partial charge in [-0.25, -0.2) is 4.79 Å². The Morgan fingerprint density at radius 2 is 2.38 bits per heavy atom. The molecule has 5 nitrogen and oxygen atoms in total. The molecule has 0 aliphatic heterocycles. The molecule has 5 heteroatoms. The van der Waals surface area contributed by atoms with Gasteiger partial charge < -0.3 is 19.4 Å². The van der Waals surface area contributed by atoms with Gasteiger partial charge in [0.1, 0.15) is 5.76 Å². The Morgan fingerprint density at radius 1 is 1.69 bits per heavy atom. The van der Waals surface area contributed by atoms with E-state index in [1.165, 1.54) is 6.26 Å². The first-order chi connectivity index (χ1) is 7.62. The first-order valence-corrected chi connectivity index (χ1v) is 5.08. The molecular formula is C11H14O5. The van der Waals surface area contributed by atoms with Crippen molar-refractivity contribution >= 4 is 5.97 Å². The molecule has 0 radical (unpaired) electrons. The molecule has 1 unspecified atom stereocenters. The van der Waals surface area contributed by atoms with Crippen molar-refractivity contribution in [1.29, 1.82) is 0 Å². The summed E-state index contributed by atoms with van der Waals surface area (Å²) >= 11 is 0. The van der Waals surface area contributed by atoms with Crippen LogP contribution < -0.4 is 0 Å². The maximum atomic E-state index is 10.8. The summed E-state index contributed by atoms with van der Waals surface area (Å²) in [7, 11) is 1.56. The van der Waals surface area contributed by atoms with E-state index in [0.29, 0.717) is 25.2 Å². The summed E-state index contributed by atoms with van der Waals surface area (Å²) in [6.45, 7) is 0.361. The van der Waals surface area contributed by atoms with E-state index < -0.39 is 17.5 Å². The number of aliphatic carboxylic acids is 1. The van der Waals surface area contributed by atoms with Gasteiger partial charge in [-0.3, -0.25) is 0 Å². The molecule has 1 saturated carbocycles. The summed E-state index contributed by atoms with van der Waals surface area (Å²) < 4.78 is 10.3. The Morgan fingerprint density at radius 3 is 2.88 bits per heavy atom. The summed E-state index contributed by atoms with van der Waals surface area (Å²) in [5.74, 6) is -0.665. The Kier molecular flexibility index (Phi) is 2.73. The molecule has 1 atom stereocenters. The first kappa shape index (κ1) is 11.2. The van der Waals surface area contributed by atoms with Crippen molar-refractivity contribution < 1.29 is 24.2 Å². The van der Waals surface area contributed by atoms with Crippen LogP contribution >= 0.6 is 0 Å². The van der Waals surface area contributed by atoms with E-state index in [1.54, 1.807) is 13.2 Å². The van der Waals surface area contributed by atoms with E-state index in [-0.39, 0.29) is 0 Å². The normalized spacial score (nSPS) is 19.4. The number of furan rings is 1. The smallest absolute Gasteiger partial charge is 0.333 e. The number of aliphatic hydroxyl groups excluding tert-OH is 1. The summed E-state index contributed by atoms with van der Waals surface area (Å²) in [5, 5.41) is 18.5. The average Bonchev–Trinajstić information content (AvgIpc) is 2.93. The second-order valence-electron chi connectivity index (χ2n) is 4.10. The van der Waals surface area contributed by atoms with Crippen LogP contribution in [0.25, 0.3) is 0 Å². The van der Waals surface area contributed by atoms with Gasteiger partial charge in [0.05, 0.1) is 18.3 Å². The van der Waals surface area contributed by atoms with Gasteiger partial charge in [-0.1, -0.05) is 0 Å². The van der Waals surface area contributed by atoms with Crippen LogP contribution in [0, 0.1) is 0 Å². The van der Waals surface area contributed by atoms with Crippen molar-refractivity contribution in [3.63, 3.8) is 0 Å². The highest BCUT2D eigenvalue weighted by atomic mass is 16.5. The predicted molar refractivity (Wildman–Crippen MR) is 54.0 cm³/mol. The van der Waals surface area contributed by atoms with Gasteiger partial charge >= 0.3 is 5.97 Å². The van der Waals surface area contributed by atoms with E-state index in [9.17, 15) is 9.90 Å². The van der Waals surface area contributed by atoms with Gasteiger partial charge in [0.2, 0.25) is 0 Å². The predicted octanol–water partition coefficient (Wildman–Crippen LogP) is 0.903. The van der Waals surface area contributed by atoms with Gasteiger partial charge in [-0.2, -0.15) is 0 Å². The maximum absolute atomic E-state index is 10.8. The lowest BCUT2D eigenvalue weighted by molar-refractivity contribution is -0.148. The zero-order valence-electron chi connectivity index (χ0n) is 8.97. The molecule has 0 aromatic carbocycles. The van der Waals surface area contributed by atoms with Crippen molar-refractivity contribution in [2.45, 2.75) is 31.0 Å². The molecule has 2 rings (SSSR count). The lowest BCUT2D eigenvalue weighted by Crippen LogP contribution is -2.34. The molecule has 1 aliphatic carbocycles. The Hall–Kier alpha value is -1.33. The summed E-state index contributed by atoms with van der Waals surface area (Å²) in [5.41, 5.74) is 0.0590. The number of hydrogen-bond acceptors (Lipinski definition) is 4. The Bertz CT molecular complexity index is 391. The van der Waals surface area contributed by atoms with Crippen LogP contribution in [-0.4, -0.2) is 29.4 Å². The standard InChI is InChI=1S/C11H14O5/c1-15-6-7-2-5-16-9(7)11(3-4-11)8(12)10(13)14/h2,5,8,12H,3-4,6H2,1H3,(H,13,14). The van der Waals surface area contributed by atoms with E-state index in [0.717, 1.165) is 5.56 Å². The lowest BCUT2D eigenvalue weighted by Gasteiger charge is -2.17.